The number of nitrogens with one attached hydrogen (secondary N) is 2. The molecule has 1 saturated heterocycles. The van der Waals surface area contributed by atoms with Crippen molar-refractivity contribution in [3.8, 4) is 11.4 Å². The molecular weight excluding hydrogens is 721 g/mol. The fourth-order valence-electron chi connectivity index (χ4n) is 7.46. The van der Waals surface area contributed by atoms with E-state index >= 15 is 0 Å². The minimum absolute atomic E-state index is 0.0190. The second-order valence-corrected chi connectivity index (χ2v) is 17.2. The number of ether oxygens (including phenoxy) is 1. The monoisotopic (exact) mass is 761 g/mol. The number of benzene rings is 1. The summed E-state index contributed by atoms with van der Waals surface area (Å²) in [5.41, 5.74) is -0.981. The Labute approximate surface area is 306 Å². The Morgan fingerprint density at radius 1 is 0.980 bits per heavy atom. The van der Waals surface area contributed by atoms with Gasteiger partial charge in [-0.2, -0.15) is 4.80 Å². The number of hydrogen-bond donors (Lipinski definition) is 2. The molecule has 3 amide bonds. The molecular formula is C34H41Cl2N7O7S. The number of carbonyl (C=O) groups is 4. The lowest BCUT2D eigenvalue weighted by Crippen LogP contribution is -2.57. The van der Waals surface area contributed by atoms with Crippen LogP contribution in [0.4, 0.5) is 0 Å². The maximum Gasteiger partial charge on any atom is 0.318 e. The number of halogens is 2. The van der Waals surface area contributed by atoms with Crippen molar-refractivity contribution in [2.75, 3.05) is 6.54 Å². The van der Waals surface area contributed by atoms with Crippen LogP contribution in [0.15, 0.2) is 30.4 Å². The van der Waals surface area contributed by atoms with Crippen LogP contribution in [0.1, 0.15) is 89.5 Å². The summed E-state index contributed by atoms with van der Waals surface area (Å²) in [6, 6.07) is 3.10. The summed E-state index contributed by atoms with van der Waals surface area (Å²) in [7, 11) is -3.89. The second kappa shape index (κ2) is 14.5. The Morgan fingerprint density at radius 3 is 2.43 bits per heavy atom. The van der Waals surface area contributed by atoms with Crippen molar-refractivity contribution >= 4 is 56.9 Å². The van der Waals surface area contributed by atoms with Gasteiger partial charge in [-0.15, -0.1) is 10.2 Å². The number of nitrogens with zero attached hydrogens (tertiary/aromatic N) is 5. The van der Waals surface area contributed by atoms with Crippen molar-refractivity contribution in [1.82, 2.24) is 35.1 Å². The summed E-state index contributed by atoms with van der Waals surface area (Å²) < 4.78 is 33.6. The predicted octanol–water partition coefficient (Wildman–Crippen LogP) is 3.89. The number of aromatic nitrogens is 4. The first-order valence-corrected chi connectivity index (χ1v) is 20.1. The van der Waals surface area contributed by atoms with Gasteiger partial charge in [0.05, 0.1) is 11.3 Å². The smallest absolute Gasteiger partial charge is 0.318 e. The van der Waals surface area contributed by atoms with Gasteiger partial charge in [-0.1, -0.05) is 48.2 Å². The van der Waals surface area contributed by atoms with Crippen molar-refractivity contribution in [2.24, 2.45) is 11.8 Å². The molecule has 0 spiro atoms. The first-order chi connectivity index (χ1) is 24.4. The van der Waals surface area contributed by atoms with Crippen LogP contribution in [0.5, 0.6) is 0 Å². The molecule has 3 saturated carbocycles. The van der Waals surface area contributed by atoms with Crippen molar-refractivity contribution in [3.05, 3.63) is 40.4 Å². The van der Waals surface area contributed by atoms with E-state index in [9.17, 15) is 27.6 Å². The lowest BCUT2D eigenvalue weighted by Gasteiger charge is -2.29. The molecule has 2 N–H and O–H groups in total. The number of rotatable bonds is 7. The molecule has 17 heteroatoms. The van der Waals surface area contributed by atoms with E-state index in [1.54, 1.807) is 18.2 Å². The number of carbonyl (C=O) groups excluding carboxylic acids is 4. The quantitative estimate of drug-likeness (QED) is 0.239. The number of fused-ring (bicyclic) bond motifs is 2. The third kappa shape index (κ3) is 7.80. The summed E-state index contributed by atoms with van der Waals surface area (Å²) in [4.78, 5) is 58.7. The Bertz CT molecular complexity index is 1820. The van der Waals surface area contributed by atoms with Crippen molar-refractivity contribution in [1.29, 1.82) is 0 Å². The molecule has 0 radical (unpaired) electrons. The maximum absolute atomic E-state index is 14.5. The molecule has 0 unspecified atom stereocenters. The van der Waals surface area contributed by atoms with E-state index in [2.05, 4.69) is 25.4 Å². The van der Waals surface area contributed by atoms with E-state index in [4.69, 9.17) is 27.9 Å². The third-order valence-electron chi connectivity index (χ3n) is 10.6. The van der Waals surface area contributed by atoms with Crippen LogP contribution in [0.2, 0.25) is 10.0 Å². The largest absolute Gasteiger partial charge is 0.462 e. The number of allylic oxidation sites excluding steroid dienone is 1. The number of tetrazole rings is 1. The fraction of sp³-hybridized carbons (Fsp3) is 0.618. The van der Waals surface area contributed by atoms with Crippen LogP contribution in [-0.4, -0.2) is 86.7 Å². The molecule has 0 bridgehead atoms. The molecule has 4 fully saturated rings. The van der Waals surface area contributed by atoms with Crippen LogP contribution in [0, 0.1) is 11.8 Å². The van der Waals surface area contributed by atoms with Gasteiger partial charge in [0.1, 0.15) is 23.6 Å². The van der Waals surface area contributed by atoms with Gasteiger partial charge in [0.2, 0.25) is 27.7 Å². The summed E-state index contributed by atoms with van der Waals surface area (Å²) in [5, 5.41) is 15.9. The van der Waals surface area contributed by atoms with Gasteiger partial charge in [0.25, 0.3) is 5.91 Å². The summed E-state index contributed by atoms with van der Waals surface area (Å²) in [6.07, 6.45) is 11.2. The zero-order valence-corrected chi connectivity index (χ0v) is 30.3. The lowest BCUT2D eigenvalue weighted by molar-refractivity contribution is -0.161. The minimum atomic E-state index is -3.89. The zero-order valence-electron chi connectivity index (χ0n) is 28.0. The predicted molar refractivity (Wildman–Crippen MR) is 186 cm³/mol. The maximum atomic E-state index is 14.5. The highest BCUT2D eigenvalue weighted by atomic mass is 35.5. The average Bonchev–Trinajstić information content (AvgIpc) is 3.82. The highest BCUT2D eigenvalue weighted by Crippen LogP contribution is 2.46. The zero-order chi connectivity index (χ0) is 35.9. The first-order valence-electron chi connectivity index (χ1n) is 17.8. The summed E-state index contributed by atoms with van der Waals surface area (Å²) >= 11 is 12.4. The Balaban J connectivity index is 1.19. The molecule has 2 aliphatic heterocycles. The second-order valence-electron chi connectivity index (χ2n) is 14.4. The molecule has 7 rings (SSSR count). The van der Waals surface area contributed by atoms with Crippen molar-refractivity contribution in [3.63, 3.8) is 0 Å². The fourth-order valence-corrected chi connectivity index (χ4v) is 9.35. The summed E-state index contributed by atoms with van der Waals surface area (Å²) in [5.74, 6) is -3.89. The SMILES string of the molecule is O=C(OC1CCCC1)[C@H]1CCCCC/C=C\[C@H]2C[C@@]2(C(=O)NS(=O)(=O)C2CC2)NC(=O)[C@@H]2C[C@@H](n3nnc(-c4cc(Cl)cc(Cl)c4)n3)CN2C1=O. The Kier molecular flexibility index (Phi) is 10.2. The van der Waals surface area contributed by atoms with E-state index in [1.807, 2.05) is 12.2 Å². The Hall–Kier alpha value is -3.56. The van der Waals surface area contributed by atoms with Gasteiger partial charge >= 0.3 is 5.97 Å². The lowest BCUT2D eigenvalue weighted by atomic mass is 9.98. The van der Waals surface area contributed by atoms with Crippen molar-refractivity contribution < 1.29 is 32.3 Å². The third-order valence-corrected chi connectivity index (χ3v) is 12.9. The van der Waals surface area contributed by atoms with E-state index in [1.165, 1.54) is 9.70 Å². The first kappa shape index (κ1) is 35.8. The van der Waals surface area contributed by atoms with Gasteiger partial charge < -0.3 is 15.0 Å². The molecule has 51 heavy (non-hydrogen) atoms. The van der Waals surface area contributed by atoms with Crippen LogP contribution < -0.4 is 10.0 Å². The Morgan fingerprint density at radius 2 is 1.71 bits per heavy atom. The van der Waals surface area contributed by atoms with Gasteiger partial charge in [-0.3, -0.25) is 23.9 Å². The molecule has 274 valence electrons. The molecule has 14 nitrogen and oxygen atoms in total. The van der Waals surface area contributed by atoms with E-state index in [0.717, 1.165) is 38.5 Å². The van der Waals surface area contributed by atoms with Gasteiger partial charge in [-0.25, -0.2) is 8.42 Å². The standard InChI is InChI=1S/C34H41Cl2N7O7S/c35-22-14-20(15-23(36)16-22)29-38-41-43(39-29)24-17-28-30(44)37-34(33(47)40-51(48,49)26-12-13-26)18-21(34)8-4-2-1-3-5-11-27(31(45)42(28)19-24)32(46)50-25-9-6-7-10-25/h4,8,14-16,21,24-28H,1-3,5-7,9-13,17-19H2,(H,37,44)(H,40,47)/b8-4-/t21-,24+,27-,28-,34+/m0/s1. The van der Waals surface area contributed by atoms with Gasteiger partial charge in [0.15, 0.2) is 0 Å². The number of esters is 1. The highest BCUT2D eigenvalue weighted by molar-refractivity contribution is 7.91. The molecule has 1 aromatic carbocycles. The molecule has 3 aliphatic carbocycles. The highest BCUT2D eigenvalue weighted by Gasteiger charge is 2.62. The molecule has 1 aromatic heterocycles. The molecule has 5 atom stereocenters. The van der Waals surface area contributed by atoms with Gasteiger partial charge in [0, 0.05) is 34.5 Å². The minimum Gasteiger partial charge on any atom is -0.462 e. The van der Waals surface area contributed by atoms with Crippen LogP contribution in [0.3, 0.4) is 0 Å². The summed E-state index contributed by atoms with van der Waals surface area (Å²) in [6.45, 7) is -0.0190. The normalized spacial score (nSPS) is 29.6. The van der Waals surface area contributed by atoms with Crippen LogP contribution in [-0.2, 0) is 33.9 Å². The van der Waals surface area contributed by atoms with E-state index < -0.39 is 68.4 Å². The van der Waals surface area contributed by atoms with E-state index in [0.29, 0.717) is 41.3 Å². The van der Waals surface area contributed by atoms with E-state index in [-0.39, 0.29) is 37.7 Å². The van der Waals surface area contributed by atoms with Crippen LogP contribution >= 0.6 is 23.2 Å². The molecule has 2 aromatic rings. The topological polar surface area (TPSA) is 183 Å². The molecule has 3 heterocycles. The average molecular weight is 763 g/mol. The number of hydrogen-bond acceptors (Lipinski definition) is 10. The van der Waals surface area contributed by atoms with Crippen molar-refractivity contribution in [2.45, 2.75) is 112 Å². The van der Waals surface area contributed by atoms with Gasteiger partial charge in [-0.05, 0) is 87.6 Å². The number of sulfonamides is 1. The number of amides is 3. The molecule has 5 aliphatic rings. The van der Waals surface area contributed by atoms with Crippen LogP contribution in [0.25, 0.3) is 11.4 Å².